The molecule has 4 nitrogen and oxygen atoms in total. The van der Waals surface area contributed by atoms with Gasteiger partial charge < -0.3 is 15.3 Å². The first-order valence-corrected chi connectivity index (χ1v) is 3.12. The van der Waals surface area contributed by atoms with Gasteiger partial charge in [0, 0.05) is 14.2 Å². The van der Waals surface area contributed by atoms with E-state index in [0.717, 1.165) is 27.2 Å². The first-order chi connectivity index (χ1) is 4.91. The Morgan fingerprint density at radius 1 is 1.09 bits per heavy atom. The molecule has 0 spiro atoms. The first kappa shape index (κ1) is 22.5. The number of hydrogen-bond acceptors (Lipinski definition) is 4. The fraction of sp³-hybridized carbons (Fsp3) is 1.00. The molecular weight excluding hydrogens is 170 g/mol. The monoisotopic (exact) mass is 189 g/mol. The second kappa shape index (κ2) is 49.5. The lowest BCUT2D eigenvalue weighted by Gasteiger charge is -1.91. The van der Waals surface area contributed by atoms with E-state index < -0.39 is 0 Å². The van der Waals surface area contributed by atoms with Gasteiger partial charge >= 0.3 is 0 Å². The molecule has 0 atom stereocenters. The van der Waals surface area contributed by atoms with Crippen LogP contribution in [0.25, 0.3) is 0 Å². The maximum atomic E-state index is 8.09. The van der Waals surface area contributed by atoms with Crippen LogP contribution in [0.1, 0.15) is 13.3 Å². The van der Waals surface area contributed by atoms with E-state index in [1.165, 1.54) is 0 Å². The van der Waals surface area contributed by atoms with Crippen LogP contribution in [0.15, 0.2) is 0 Å². The first-order valence-electron chi connectivity index (χ1n) is 3.12. The van der Waals surface area contributed by atoms with Gasteiger partial charge in [-0.15, -0.1) is 12.4 Å². The summed E-state index contributed by atoms with van der Waals surface area (Å²) < 4.78 is 0. The Hall–Kier alpha value is 0.130. The molecule has 0 fully saturated rings. The predicted molar refractivity (Wildman–Crippen MR) is 48.9 cm³/mol. The number of hydrogen-bond donors (Lipinski definition) is 4. The van der Waals surface area contributed by atoms with Gasteiger partial charge in [0.2, 0.25) is 0 Å². The molecular formula is C6H20ClNO3. The summed E-state index contributed by atoms with van der Waals surface area (Å²) in [6.07, 6.45) is 1.08. The van der Waals surface area contributed by atoms with Gasteiger partial charge in [0.05, 0.1) is 6.73 Å². The van der Waals surface area contributed by atoms with Crippen LogP contribution >= 0.6 is 12.4 Å². The Bertz CT molecular complexity index is 29.8. The van der Waals surface area contributed by atoms with Crippen LogP contribution in [0.3, 0.4) is 0 Å². The Morgan fingerprint density at radius 3 is 1.55 bits per heavy atom. The predicted octanol–water partition coefficient (Wildman–Crippen LogP) is -0.425. The second-order valence-electron chi connectivity index (χ2n) is 1.16. The van der Waals surface area contributed by atoms with E-state index in [2.05, 4.69) is 12.2 Å². The average Bonchev–Trinajstić information content (AvgIpc) is 2.08. The Morgan fingerprint density at radius 2 is 1.45 bits per heavy atom. The van der Waals surface area contributed by atoms with Gasteiger partial charge in [-0.2, -0.15) is 0 Å². The quantitative estimate of drug-likeness (QED) is 0.359. The van der Waals surface area contributed by atoms with Gasteiger partial charge in [-0.1, -0.05) is 6.92 Å². The van der Waals surface area contributed by atoms with Crippen LogP contribution in [0.4, 0.5) is 0 Å². The van der Waals surface area contributed by atoms with Gasteiger partial charge in [-0.05, 0) is 13.0 Å². The third kappa shape index (κ3) is 68.3. The van der Waals surface area contributed by atoms with Gasteiger partial charge in [-0.3, -0.25) is 5.32 Å². The molecule has 0 aromatic carbocycles. The Labute approximate surface area is 74.7 Å². The number of aliphatic hydroxyl groups is 3. The molecule has 11 heavy (non-hydrogen) atoms. The second-order valence-corrected chi connectivity index (χ2v) is 1.16. The molecule has 0 saturated heterocycles. The van der Waals surface area contributed by atoms with Crippen LogP contribution < -0.4 is 5.32 Å². The van der Waals surface area contributed by atoms with Crippen molar-refractivity contribution >= 4 is 12.4 Å². The highest BCUT2D eigenvalue weighted by atomic mass is 35.5. The van der Waals surface area contributed by atoms with Crippen molar-refractivity contribution in [2.45, 2.75) is 13.3 Å². The summed E-state index contributed by atoms with van der Waals surface area (Å²) in [4.78, 5) is 0. The third-order valence-electron chi connectivity index (χ3n) is 0.539. The summed E-state index contributed by atoms with van der Waals surface area (Å²) >= 11 is 0. The fourth-order valence-corrected chi connectivity index (χ4v) is 0.256. The third-order valence-corrected chi connectivity index (χ3v) is 0.539. The summed E-state index contributed by atoms with van der Waals surface area (Å²) in [5.41, 5.74) is 0. The molecule has 0 unspecified atom stereocenters. The van der Waals surface area contributed by atoms with Crippen molar-refractivity contribution in [1.29, 1.82) is 0 Å². The van der Waals surface area contributed by atoms with E-state index >= 15 is 0 Å². The van der Waals surface area contributed by atoms with Crippen molar-refractivity contribution in [3.63, 3.8) is 0 Å². The summed E-state index contributed by atoms with van der Waals surface area (Å²) in [6.45, 7) is 3.08. The van der Waals surface area contributed by atoms with Crippen molar-refractivity contribution in [2.24, 2.45) is 0 Å². The zero-order valence-electron chi connectivity index (χ0n) is 7.37. The minimum atomic E-state index is 0. The molecule has 0 heterocycles. The standard InChI is InChI=1S/C4H11NO.2CH4O.ClH/c1-2-3-5-4-6;2*1-2;/h5-6H,2-4H2,1H3;2*2H,1H3;1H. The van der Waals surface area contributed by atoms with E-state index in [1.54, 1.807) is 0 Å². The Kier molecular flexibility index (Phi) is 101. The molecule has 0 aliphatic carbocycles. The van der Waals surface area contributed by atoms with Crippen LogP contribution in [0.2, 0.25) is 0 Å². The van der Waals surface area contributed by atoms with Crippen molar-refractivity contribution in [3.05, 3.63) is 0 Å². The summed E-state index contributed by atoms with van der Waals surface area (Å²) in [6, 6.07) is 0. The SMILES string of the molecule is CCCNCO.CO.CO.Cl. The largest absolute Gasteiger partial charge is 0.400 e. The average molecular weight is 190 g/mol. The topological polar surface area (TPSA) is 72.7 Å². The molecule has 4 N–H and O–H groups in total. The number of aliphatic hydroxyl groups excluding tert-OH is 3. The highest BCUT2D eigenvalue weighted by molar-refractivity contribution is 5.85. The molecule has 74 valence electrons. The lowest BCUT2D eigenvalue weighted by Crippen LogP contribution is -2.14. The lowest BCUT2D eigenvalue weighted by atomic mass is 10.5. The van der Waals surface area contributed by atoms with Crippen molar-refractivity contribution in [2.75, 3.05) is 27.5 Å². The normalized spacial score (nSPS) is 6.00. The molecule has 5 heteroatoms. The highest BCUT2D eigenvalue weighted by Crippen LogP contribution is 1.64. The maximum Gasteiger partial charge on any atom is 0.0931 e. The van der Waals surface area contributed by atoms with E-state index in [-0.39, 0.29) is 19.1 Å². The molecule has 0 aromatic heterocycles. The highest BCUT2D eigenvalue weighted by Gasteiger charge is 1.72. The van der Waals surface area contributed by atoms with E-state index in [4.69, 9.17) is 15.3 Å². The van der Waals surface area contributed by atoms with Gasteiger partial charge in [0.1, 0.15) is 0 Å². The van der Waals surface area contributed by atoms with E-state index in [9.17, 15) is 0 Å². The number of nitrogens with one attached hydrogen (secondary N) is 1. The van der Waals surface area contributed by atoms with E-state index in [1.807, 2.05) is 0 Å². The summed E-state index contributed by atoms with van der Waals surface area (Å²) in [7, 11) is 2.00. The fourth-order valence-electron chi connectivity index (χ4n) is 0.256. The van der Waals surface area contributed by atoms with Crippen LogP contribution in [0.5, 0.6) is 0 Å². The molecule has 0 aromatic rings. The molecule has 0 rings (SSSR count). The number of halogens is 1. The van der Waals surface area contributed by atoms with Crippen LogP contribution in [-0.2, 0) is 0 Å². The zero-order valence-corrected chi connectivity index (χ0v) is 8.19. The maximum absolute atomic E-state index is 8.09. The minimum absolute atomic E-state index is 0. The van der Waals surface area contributed by atoms with Gasteiger partial charge in [-0.25, -0.2) is 0 Å². The molecule has 0 aliphatic heterocycles. The zero-order chi connectivity index (χ0) is 8.83. The van der Waals surface area contributed by atoms with Crippen molar-refractivity contribution in [3.8, 4) is 0 Å². The Balaban J connectivity index is -0.0000000428. The molecule has 0 saturated carbocycles. The smallest absolute Gasteiger partial charge is 0.0931 e. The van der Waals surface area contributed by atoms with Gasteiger partial charge in [0.25, 0.3) is 0 Å². The van der Waals surface area contributed by atoms with Crippen LogP contribution in [-0.4, -0.2) is 42.8 Å². The van der Waals surface area contributed by atoms with E-state index in [0.29, 0.717) is 0 Å². The number of rotatable bonds is 3. The molecule has 0 aliphatic rings. The van der Waals surface area contributed by atoms with Gasteiger partial charge in [0.15, 0.2) is 0 Å². The summed E-state index contributed by atoms with van der Waals surface area (Å²) in [5.74, 6) is 0. The summed E-state index contributed by atoms with van der Waals surface area (Å²) in [5, 5.41) is 24.8. The molecule has 0 amide bonds. The minimum Gasteiger partial charge on any atom is -0.400 e. The lowest BCUT2D eigenvalue weighted by molar-refractivity contribution is 0.261. The van der Waals surface area contributed by atoms with Crippen molar-refractivity contribution < 1.29 is 15.3 Å². The molecule has 0 radical (unpaired) electrons. The molecule has 0 bridgehead atoms. The van der Waals surface area contributed by atoms with Crippen molar-refractivity contribution in [1.82, 2.24) is 5.32 Å². The van der Waals surface area contributed by atoms with Crippen LogP contribution in [0, 0.1) is 0 Å².